The molecule has 0 aliphatic carbocycles. The lowest BCUT2D eigenvalue weighted by Gasteiger charge is -2.17. The van der Waals surface area contributed by atoms with Crippen molar-refractivity contribution >= 4 is 0 Å². The second kappa shape index (κ2) is 5.60. The van der Waals surface area contributed by atoms with Crippen molar-refractivity contribution in [2.45, 2.75) is 19.5 Å². The number of benzene rings is 1. The first-order valence-electron chi connectivity index (χ1n) is 5.97. The fourth-order valence-corrected chi connectivity index (χ4v) is 1.90. The van der Waals surface area contributed by atoms with E-state index in [0.717, 1.165) is 11.3 Å². The molecule has 1 aromatic heterocycles. The van der Waals surface area contributed by atoms with E-state index in [1.54, 1.807) is 12.1 Å². The molecule has 1 aromatic carbocycles. The zero-order valence-electron chi connectivity index (χ0n) is 10.6. The topological polar surface area (TPSA) is 46.9 Å². The van der Waals surface area contributed by atoms with E-state index in [0.29, 0.717) is 6.54 Å². The van der Waals surface area contributed by atoms with Crippen molar-refractivity contribution in [3.63, 3.8) is 0 Å². The first kappa shape index (κ1) is 12.5. The lowest BCUT2D eigenvalue weighted by atomic mass is 10.1. The minimum absolute atomic E-state index is 0.0724. The van der Waals surface area contributed by atoms with Crippen LogP contribution in [0.3, 0.4) is 0 Å². The maximum atomic E-state index is 11.7. The van der Waals surface area contributed by atoms with Crippen molar-refractivity contribution in [2.24, 2.45) is 0 Å². The molecule has 1 atom stereocenters. The second-order valence-corrected chi connectivity index (χ2v) is 4.25. The van der Waals surface area contributed by atoms with Gasteiger partial charge in [-0.05, 0) is 25.6 Å². The van der Waals surface area contributed by atoms with Gasteiger partial charge in [0.05, 0.1) is 18.3 Å². The Kier molecular flexibility index (Phi) is 3.89. The standard InChI is InChI=1S/C14H17N3O/c1-11-8-9-14(18)17(16-11)10-13(15-2)12-6-4-3-5-7-12/h3-9,13,15H,10H2,1-2H3. The van der Waals surface area contributed by atoms with E-state index in [4.69, 9.17) is 0 Å². The SMILES string of the molecule is CNC(Cn1nc(C)ccc1=O)c1ccccc1. The zero-order valence-corrected chi connectivity index (χ0v) is 10.6. The Balaban J connectivity index is 2.26. The van der Waals surface area contributed by atoms with E-state index in [1.165, 1.54) is 4.68 Å². The Morgan fingerprint density at radius 2 is 1.94 bits per heavy atom. The number of aryl methyl sites for hydroxylation is 1. The second-order valence-electron chi connectivity index (χ2n) is 4.25. The van der Waals surface area contributed by atoms with Crippen LogP contribution < -0.4 is 10.9 Å². The van der Waals surface area contributed by atoms with Crippen LogP contribution >= 0.6 is 0 Å². The molecule has 0 fully saturated rings. The third-order valence-corrected chi connectivity index (χ3v) is 2.91. The van der Waals surface area contributed by atoms with Gasteiger partial charge in [-0.25, -0.2) is 4.68 Å². The average Bonchev–Trinajstić information content (AvgIpc) is 2.41. The zero-order chi connectivity index (χ0) is 13.0. The van der Waals surface area contributed by atoms with Crippen molar-refractivity contribution in [1.82, 2.24) is 15.1 Å². The molecule has 0 saturated carbocycles. The largest absolute Gasteiger partial charge is 0.311 e. The Labute approximate surface area is 106 Å². The normalized spacial score (nSPS) is 12.3. The van der Waals surface area contributed by atoms with Crippen LogP contribution in [-0.2, 0) is 6.54 Å². The lowest BCUT2D eigenvalue weighted by Crippen LogP contribution is -2.30. The highest BCUT2D eigenvalue weighted by Crippen LogP contribution is 2.12. The summed E-state index contributed by atoms with van der Waals surface area (Å²) in [6, 6.07) is 13.4. The Morgan fingerprint density at radius 3 is 2.61 bits per heavy atom. The van der Waals surface area contributed by atoms with Crippen LogP contribution in [0.25, 0.3) is 0 Å². The fraction of sp³-hybridized carbons (Fsp3) is 0.286. The third kappa shape index (κ3) is 2.84. The minimum Gasteiger partial charge on any atom is -0.311 e. The summed E-state index contributed by atoms with van der Waals surface area (Å²) in [5, 5.41) is 7.46. The van der Waals surface area contributed by atoms with Gasteiger partial charge >= 0.3 is 0 Å². The van der Waals surface area contributed by atoms with Gasteiger partial charge in [0.1, 0.15) is 0 Å². The van der Waals surface area contributed by atoms with E-state index in [-0.39, 0.29) is 11.6 Å². The van der Waals surface area contributed by atoms with Crippen molar-refractivity contribution in [3.8, 4) is 0 Å². The summed E-state index contributed by atoms with van der Waals surface area (Å²) in [4.78, 5) is 11.7. The number of aromatic nitrogens is 2. The molecule has 0 radical (unpaired) electrons. The summed E-state index contributed by atoms with van der Waals surface area (Å²) in [6.45, 7) is 2.41. The molecule has 0 spiro atoms. The average molecular weight is 243 g/mol. The molecule has 18 heavy (non-hydrogen) atoms. The molecule has 94 valence electrons. The van der Waals surface area contributed by atoms with Crippen LogP contribution in [0.15, 0.2) is 47.3 Å². The van der Waals surface area contributed by atoms with Gasteiger partial charge in [-0.3, -0.25) is 4.79 Å². The summed E-state index contributed by atoms with van der Waals surface area (Å²) in [5.41, 5.74) is 1.92. The molecule has 1 N–H and O–H groups in total. The monoisotopic (exact) mass is 243 g/mol. The molecule has 2 rings (SSSR count). The fourth-order valence-electron chi connectivity index (χ4n) is 1.90. The van der Waals surface area contributed by atoms with Crippen LogP contribution in [-0.4, -0.2) is 16.8 Å². The lowest BCUT2D eigenvalue weighted by molar-refractivity contribution is 0.449. The molecule has 1 heterocycles. The molecule has 0 bridgehead atoms. The van der Waals surface area contributed by atoms with Crippen LogP contribution in [0.2, 0.25) is 0 Å². The van der Waals surface area contributed by atoms with Gasteiger partial charge in [0.25, 0.3) is 5.56 Å². The Hall–Kier alpha value is -1.94. The maximum absolute atomic E-state index is 11.7. The van der Waals surface area contributed by atoms with E-state index in [2.05, 4.69) is 10.4 Å². The molecule has 4 nitrogen and oxygen atoms in total. The van der Waals surface area contributed by atoms with E-state index < -0.39 is 0 Å². The third-order valence-electron chi connectivity index (χ3n) is 2.91. The predicted octanol–water partition coefficient (Wildman–Crippen LogP) is 1.51. The highest BCUT2D eigenvalue weighted by molar-refractivity contribution is 5.18. The predicted molar refractivity (Wildman–Crippen MR) is 71.5 cm³/mol. The molecule has 0 aliphatic rings. The summed E-state index contributed by atoms with van der Waals surface area (Å²) >= 11 is 0. The van der Waals surface area contributed by atoms with Crippen LogP contribution in [0.5, 0.6) is 0 Å². The number of nitrogens with zero attached hydrogens (tertiary/aromatic N) is 2. The summed E-state index contributed by atoms with van der Waals surface area (Å²) < 4.78 is 1.50. The van der Waals surface area contributed by atoms with E-state index in [1.807, 2.05) is 44.3 Å². The molecule has 4 heteroatoms. The quantitative estimate of drug-likeness (QED) is 0.885. The molecule has 0 amide bonds. The summed E-state index contributed by atoms with van der Waals surface area (Å²) in [6.07, 6.45) is 0. The highest BCUT2D eigenvalue weighted by atomic mass is 16.1. The van der Waals surface area contributed by atoms with Crippen molar-refractivity contribution in [2.75, 3.05) is 7.05 Å². The molecule has 1 unspecified atom stereocenters. The van der Waals surface area contributed by atoms with E-state index in [9.17, 15) is 4.79 Å². The minimum atomic E-state index is -0.0724. The Bertz CT molecular complexity index is 563. The number of rotatable bonds is 4. The molecule has 0 aliphatic heterocycles. The van der Waals surface area contributed by atoms with Crippen molar-refractivity contribution in [3.05, 3.63) is 64.1 Å². The molecular formula is C14H17N3O. The first-order chi connectivity index (χ1) is 8.70. The molecule has 0 saturated heterocycles. The highest BCUT2D eigenvalue weighted by Gasteiger charge is 2.10. The smallest absolute Gasteiger partial charge is 0.266 e. The first-order valence-corrected chi connectivity index (χ1v) is 5.97. The van der Waals surface area contributed by atoms with Crippen molar-refractivity contribution < 1.29 is 0 Å². The van der Waals surface area contributed by atoms with Gasteiger partial charge in [-0.2, -0.15) is 5.10 Å². The van der Waals surface area contributed by atoms with Gasteiger partial charge in [0, 0.05) is 6.07 Å². The van der Waals surface area contributed by atoms with Crippen LogP contribution in [0.4, 0.5) is 0 Å². The van der Waals surface area contributed by atoms with Crippen LogP contribution in [0.1, 0.15) is 17.3 Å². The number of likely N-dealkylation sites (N-methyl/N-ethyl adjacent to an activating group) is 1. The molecular weight excluding hydrogens is 226 g/mol. The van der Waals surface area contributed by atoms with E-state index >= 15 is 0 Å². The summed E-state index contributed by atoms with van der Waals surface area (Å²) in [5.74, 6) is 0. The van der Waals surface area contributed by atoms with Gasteiger partial charge in [-0.15, -0.1) is 0 Å². The number of hydrogen-bond acceptors (Lipinski definition) is 3. The van der Waals surface area contributed by atoms with Crippen molar-refractivity contribution in [1.29, 1.82) is 0 Å². The Morgan fingerprint density at radius 1 is 1.22 bits per heavy atom. The summed E-state index contributed by atoms with van der Waals surface area (Å²) in [7, 11) is 1.89. The maximum Gasteiger partial charge on any atom is 0.266 e. The van der Waals surface area contributed by atoms with Gasteiger partial charge in [0.2, 0.25) is 0 Å². The van der Waals surface area contributed by atoms with Gasteiger partial charge in [0.15, 0.2) is 0 Å². The van der Waals surface area contributed by atoms with Gasteiger partial charge in [-0.1, -0.05) is 30.3 Å². The van der Waals surface area contributed by atoms with Gasteiger partial charge < -0.3 is 5.32 Å². The van der Waals surface area contributed by atoms with Crippen LogP contribution in [0, 0.1) is 6.92 Å². The number of hydrogen-bond donors (Lipinski definition) is 1. The molecule has 2 aromatic rings. The number of nitrogens with one attached hydrogen (secondary N) is 1.